The SMILES string of the molecule is O=C(O)CCCNCC(=O)N1CCc2sccc2C1. The molecular formula is C13H18N2O3S. The van der Waals surface area contributed by atoms with E-state index < -0.39 is 5.97 Å². The molecule has 2 heterocycles. The molecule has 5 nitrogen and oxygen atoms in total. The first-order valence-corrected chi connectivity index (χ1v) is 7.30. The van der Waals surface area contributed by atoms with Crippen LogP contribution in [0.4, 0.5) is 0 Å². The van der Waals surface area contributed by atoms with Crippen molar-refractivity contribution in [3.05, 3.63) is 21.9 Å². The second-order valence-electron chi connectivity index (χ2n) is 4.61. The van der Waals surface area contributed by atoms with Crippen LogP contribution in [-0.2, 0) is 22.6 Å². The molecule has 2 rings (SSSR count). The Balaban J connectivity index is 1.68. The van der Waals surface area contributed by atoms with Crippen LogP contribution in [0, 0.1) is 0 Å². The number of amides is 1. The van der Waals surface area contributed by atoms with E-state index in [1.54, 1.807) is 11.3 Å². The third-order valence-electron chi connectivity index (χ3n) is 3.18. The number of carboxylic acid groups (broad SMARTS) is 1. The van der Waals surface area contributed by atoms with Gasteiger partial charge in [0.15, 0.2) is 0 Å². The first-order chi connectivity index (χ1) is 9.16. The second kappa shape index (κ2) is 6.68. The fourth-order valence-electron chi connectivity index (χ4n) is 2.13. The van der Waals surface area contributed by atoms with Gasteiger partial charge in [-0.3, -0.25) is 9.59 Å². The molecule has 19 heavy (non-hydrogen) atoms. The van der Waals surface area contributed by atoms with Crippen molar-refractivity contribution in [3.8, 4) is 0 Å². The lowest BCUT2D eigenvalue weighted by Gasteiger charge is -2.27. The largest absolute Gasteiger partial charge is 0.481 e. The van der Waals surface area contributed by atoms with E-state index in [1.807, 2.05) is 4.90 Å². The molecule has 0 saturated heterocycles. The number of fused-ring (bicyclic) bond motifs is 1. The van der Waals surface area contributed by atoms with Gasteiger partial charge in [0.25, 0.3) is 0 Å². The van der Waals surface area contributed by atoms with E-state index >= 15 is 0 Å². The van der Waals surface area contributed by atoms with Gasteiger partial charge in [-0.1, -0.05) is 0 Å². The number of carbonyl (C=O) groups excluding carboxylic acids is 1. The molecule has 0 fully saturated rings. The number of rotatable bonds is 6. The molecule has 104 valence electrons. The molecule has 0 bridgehead atoms. The number of hydrogen-bond acceptors (Lipinski definition) is 4. The lowest BCUT2D eigenvalue weighted by molar-refractivity contribution is -0.137. The summed E-state index contributed by atoms with van der Waals surface area (Å²) in [5.74, 6) is -0.707. The van der Waals surface area contributed by atoms with Gasteiger partial charge in [0.2, 0.25) is 5.91 Å². The maximum Gasteiger partial charge on any atom is 0.303 e. The minimum Gasteiger partial charge on any atom is -0.481 e. The van der Waals surface area contributed by atoms with Crippen LogP contribution < -0.4 is 5.32 Å². The van der Waals surface area contributed by atoms with Crippen molar-refractivity contribution >= 4 is 23.2 Å². The van der Waals surface area contributed by atoms with Crippen molar-refractivity contribution in [1.29, 1.82) is 0 Å². The monoisotopic (exact) mass is 282 g/mol. The number of hydrogen-bond donors (Lipinski definition) is 2. The third kappa shape index (κ3) is 4.04. The predicted octanol–water partition coefficient (Wildman–Crippen LogP) is 1.09. The summed E-state index contributed by atoms with van der Waals surface area (Å²) in [5, 5.41) is 13.6. The maximum absolute atomic E-state index is 12.0. The van der Waals surface area contributed by atoms with Gasteiger partial charge in [-0.2, -0.15) is 0 Å². The Morgan fingerprint density at radius 1 is 1.47 bits per heavy atom. The lowest BCUT2D eigenvalue weighted by atomic mass is 10.1. The summed E-state index contributed by atoms with van der Waals surface area (Å²) in [6.45, 7) is 2.34. The molecule has 0 radical (unpaired) electrons. The quantitative estimate of drug-likeness (QED) is 0.766. The molecule has 0 unspecified atom stereocenters. The highest BCUT2D eigenvalue weighted by molar-refractivity contribution is 7.10. The molecule has 0 saturated carbocycles. The minimum absolute atomic E-state index is 0.0900. The third-order valence-corrected chi connectivity index (χ3v) is 4.20. The Labute approximate surface area is 116 Å². The van der Waals surface area contributed by atoms with E-state index in [4.69, 9.17) is 5.11 Å². The summed E-state index contributed by atoms with van der Waals surface area (Å²) in [4.78, 5) is 25.6. The van der Waals surface area contributed by atoms with Crippen molar-refractivity contribution in [1.82, 2.24) is 10.2 Å². The van der Waals surface area contributed by atoms with Gasteiger partial charge >= 0.3 is 5.97 Å². The molecular weight excluding hydrogens is 264 g/mol. The number of thiophene rings is 1. The lowest BCUT2D eigenvalue weighted by Crippen LogP contribution is -2.41. The molecule has 0 atom stereocenters. The van der Waals surface area contributed by atoms with E-state index in [0.29, 0.717) is 26.1 Å². The number of nitrogens with one attached hydrogen (secondary N) is 1. The second-order valence-corrected chi connectivity index (χ2v) is 5.61. The van der Waals surface area contributed by atoms with Gasteiger partial charge in [-0.05, 0) is 36.4 Å². The zero-order valence-electron chi connectivity index (χ0n) is 10.7. The van der Waals surface area contributed by atoms with Crippen LogP contribution in [0.2, 0.25) is 0 Å². The summed E-state index contributed by atoms with van der Waals surface area (Å²) < 4.78 is 0. The fraction of sp³-hybridized carbons (Fsp3) is 0.538. The standard InChI is InChI=1S/C13H18N2O3S/c16-12(8-14-5-1-2-13(17)18)15-6-3-11-10(9-15)4-7-19-11/h4,7,14H,1-3,5-6,8-9H2,(H,17,18). The van der Waals surface area contributed by atoms with Gasteiger partial charge in [-0.25, -0.2) is 0 Å². The van der Waals surface area contributed by atoms with Gasteiger partial charge in [0, 0.05) is 24.4 Å². The van der Waals surface area contributed by atoms with E-state index in [1.165, 1.54) is 10.4 Å². The molecule has 1 aromatic rings. The van der Waals surface area contributed by atoms with Crippen molar-refractivity contribution in [3.63, 3.8) is 0 Å². The Kier molecular flexibility index (Phi) is 4.93. The van der Waals surface area contributed by atoms with Gasteiger partial charge in [-0.15, -0.1) is 11.3 Å². The first kappa shape index (κ1) is 14.0. The molecule has 1 amide bonds. The van der Waals surface area contributed by atoms with E-state index in [0.717, 1.165) is 13.0 Å². The first-order valence-electron chi connectivity index (χ1n) is 6.42. The molecule has 1 aliphatic rings. The Morgan fingerprint density at radius 2 is 2.32 bits per heavy atom. The zero-order valence-corrected chi connectivity index (χ0v) is 11.5. The number of aliphatic carboxylic acids is 1. The normalized spacial score (nSPS) is 14.2. The predicted molar refractivity (Wildman–Crippen MR) is 73.2 cm³/mol. The van der Waals surface area contributed by atoms with Crippen molar-refractivity contribution in [2.45, 2.75) is 25.8 Å². The molecule has 1 aliphatic heterocycles. The van der Waals surface area contributed by atoms with Crippen LogP contribution in [0.5, 0.6) is 0 Å². The van der Waals surface area contributed by atoms with Crippen molar-refractivity contribution in [2.24, 2.45) is 0 Å². The molecule has 2 N–H and O–H groups in total. The zero-order chi connectivity index (χ0) is 13.7. The van der Waals surface area contributed by atoms with Crippen LogP contribution in [0.3, 0.4) is 0 Å². The van der Waals surface area contributed by atoms with Crippen molar-refractivity contribution < 1.29 is 14.7 Å². The number of carboxylic acids is 1. The van der Waals surface area contributed by atoms with Crippen LogP contribution in [0.15, 0.2) is 11.4 Å². The highest BCUT2D eigenvalue weighted by atomic mass is 32.1. The summed E-state index contributed by atoms with van der Waals surface area (Å²) in [6, 6.07) is 2.08. The summed E-state index contributed by atoms with van der Waals surface area (Å²) in [5.41, 5.74) is 1.26. The molecule has 0 aromatic carbocycles. The maximum atomic E-state index is 12.0. The average Bonchev–Trinajstić information content (AvgIpc) is 2.84. The Morgan fingerprint density at radius 3 is 3.11 bits per heavy atom. The van der Waals surface area contributed by atoms with Crippen molar-refractivity contribution in [2.75, 3.05) is 19.6 Å². The van der Waals surface area contributed by atoms with Gasteiger partial charge < -0.3 is 15.3 Å². The van der Waals surface area contributed by atoms with Crippen LogP contribution >= 0.6 is 11.3 Å². The van der Waals surface area contributed by atoms with Gasteiger partial charge in [0.1, 0.15) is 0 Å². The minimum atomic E-state index is -0.797. The Bertz CT molecular complexity index is 458. The molecule has 1 aromatic heterocycles. The average molecular weight is 282 g/mol. The fourth-order valence-corrected chi connectivity index (χ4v) is 3.02. The highest BCUT2D eigenvalue weighted by Gasteiger charge is 2.20. The van der Waals surface area contributed by atoms with Crippen LogP contribution in [-0.4, -0.2) is 41.5 Å². The van der Waals surface area contributed by atoms with E-state index in [-0.39, 0.29) is 12.3 Å². The highest BCUT2D eigenvalue weighted by Crippen LogP contribution is 2.23. The smallest absolute Gasteiger partial charge is 0.303 e. The number of nitrogens with zero attached hydrogens (tertiary/aromatic N) is 1. The molecule has 0 aliphatic carbocycles. The van der Waals surface area contributed by atoms with E-state index in [9.17, 15) is 9.59 Å². The van der Waals surface area contributed by atoms with E-state index in [2.05, 4.69) is 16.8 Å². The Hall–Kier alpha value is -1.40. The van der Waals surface area contributed by atoms with Crippen LogP contribution in [0.25, 0.3) is 0 Å². The summed E-state index contributed by atoms with van der Waals surface area (Å²) in [6.07, 6.45) is 1.64. The summed E-state index contributed by atoms with van der Waals surface area (Å²) in [7, 11) is 0. The number of carbonyl (C=O) groups is 2. The summed E-state index contributed by atoms with van der Waals surface area (Å²) >= 11 is 1.76. The topological polar surface area (TPSA) is 69.6 Å². The molecule has 0 spiro atoms. The molecule has 6 heteroatoms. The van der Waals surface area contributed by atoms with Crippen LogP contribution in [0.1, 0.15) is 23.3 Å². The van der Waals surface area contributed by atoms with Gasteiger partial charge in [0.05, 0.1) is 6.54 Å².